The molecule has 0 saturated carbocycles. The number of amides is 1. The highest BCUT2D eigenvalue weighted by Crippen LogP contribution is 2.23. The first-order valence-corrected chi connectivity index (χ1v) is 10.1. The second kappa shape index (κ2) is 8.31. The van der Waals surface area contributed by atoms with E-state index in [4.69, 9.17) is 4.52 Å². The van der Waals surface area contributed by atoms with Crippen molar-refractivity contribution < 1.29 is 9.32 Å². The minimum Gasteiger partial charge on any atom is -0.339 e. The Bertz CT molecular complexity index is 903. The molecule has 6 heteroatoms. The first-order valence-electron chi connectivity index (χ1n) is 9.15. The number of nitrogens with zero attached hydrogens (tertiary/aromatic N) is 3. The van der Waals surface area contributed by atoms with E-state index in [1.165, 1.54) is 0 Å². The van der Waals surface area contributed by atoms with Crippen molar-refractivity contribution in [2.24, 2.45) is 5.92 Å². The van der Waals surface area contributed by atoms with Gasteiger partial charge < -0.3 is 9.42 Å². The number of thiophene rings is 1. The highest BCUT2D eigenvalue weighted by molar-refractivity contribution is 7.08. The molecule has 1 aromatic carbocycles. The van der Waals surface area contributed by atoms with Gasteiger partial charge in [-0.3, -0.25) is 4.79 Å². The van der Waals surface area contributed by atoms with Crippen LogP contribution in [0, 0.1) is 5.92 Å². The maximum atomic E-state index is 12.5. The number of carbonyl (C=O) groups excluding carboxylic acids is 1. The van der Waals surface area contributed by atoms with Crippen LogP contribution in [0.3, 0.4) is 0 Å². The van der Waals surface area contributed by atoms with Crippen LogP contribution in [0.4, 0.5) is 0 Å². The molecule has 1 aliphatic rings. The van der Waals surface area contributed by atoms with Crippen LogP contribution in [-0.2, 0) is 11.2 Å². The molecule has 1 fully saturated rings. The van der Waals surface area contributed by atoms with Crippen LogP contribution >= 0.6 is 11.3 Å². The molecule has 1 amide bonds. The third-order valence-electron chi connectivity index (χ3n) is 4.76. The Morgan fingerprint density at radius 1 is 1.30 bits per heavy atom. The molecule has 0 N–H and O–H groups in total. The van der Waals surface area contributed by atoms with Crippen LogP contribution in [0.5, 0.6) is 0 Å². The number of hydrogen-bond acceptors (Lipinski definition) is 5. The van der Waals surface area contributed by atoms with E-state index < -0.39 is 0 Å². The van der Waals surface area contributed by atoms with Crippen molar-refractivity contribution in [3.8, 4) is 11.4 Å². The topological polar surface area (TPSA) is 59.2 Å². The zero-order valence-corrected chi connectivity index (χ0v) is 15.8. The predicted octanol–water partition coefficient (Wildman–Crippen LogP) is 4.29. The van der Waals surface area contributed by atoms with Crippen LogP contribution in [-0.4, -0.2) is 34.0 Å². The van der Waals surface area contributed by atoms with Gasteiger partial charge in [0.1, 0.15) is 0 Å². The van der Waals surface area contributed by atoms with Crippen molar-refractivity contribution in [2.45, 2.75) is 19.3 Å². The Kier molecular flexibility index (Phi) is 5.44. The molecule has 3 aromatic rings. The van der Waals surface area contributed by atoms with Crippen molar-refractivity contribution in [1.29, 1.82) is 0 Å². The molecule has 0 unspecified atom stereocenters. The monoisotopic (exact) mass is 379 g/mol. The summed E-state index contributed by atoms with van der Waals surface area (Å²) >= 11 is 1.61. The van der Waals surface area contributed by atoms with Gasteiger partial charge in [0.05, 0.1) is 0 Å². The second-order valence-corrected chi connectivity index (χ2v) is 7.54. The number of rotatable bonds is 5. The molecule has 0 radical (unpaired) electrons. The normalized spacial score (nSPS) is 17.5. The van der Waals surface area contributed by atoms with Gasteiger partial charge in [-0.25, -0.2) is 0 Å². The van der Waals surface area contributed by atoms with Crippen LogP contribution in [0.2, 0.25) is 0 Å². The summed E-state index contributed by atoms with van der Waals surface area (Å²) in [5.41, 5.74) is 2.02. The van der Waals surface area contributed by atoms with E-state index in [1.807, 2.05) is 58.1 Å². The Hall–Kier alpha value is -2.73. The van der Waals surface area contributed by atoms with Crippen LogP contribution in [0.1, 0.15) is 24.3 Å². The number of likely N-dealkylation sites (tertiary alicyclic amines) is 1. The summed E-state index contributed by atoms with van der Waals surface area (Å²) < 4.78 is 5.42. The number of piperidine rings is 1. The standard InChI is InChI=1S/C21H21N3O2S/c25-20(9-8-16-5-2-1-3-6-16)24-11-4-7-17(14-24)13-19-22-21(23-26-19)18-10-12-27-15-18/h1-3,5-6,8-10,12,15,17H,4,7,11,13-14H2/b9-8-/t17-/m1/s1. The maximum absolute atomic E-state index is 12.5. The zero-order chi connectivity index (χ0) is 18.5. The Balaban J connectivity index is 1.35. The summed E-state index contributed by atoms with van der Waals surface area (Å²) in [5.74, 6) is 1.70. The van der Waals surface area contributed by atoms with Crippen molar-refractivity contribution in [1.82, 2.24) is 15.0 Å². The Morgan fingerprint density at radius 2 is 2.19 bits per heavy atom. The second-order valence-electron chi connectivity index (χ2n) is 6.76. The van der Waals surface area contributed by atoms with Crippen LogP contribution < -0.4 is 0 Å². The molecule has 0 bridgehead atoms. The van der Waals surface area contributed by atoms with Gasteiger partial charge in [-0.2, -0.15) is 16.3 Å². The third kappa shape index (κ3) is 4.52. The van der Waals surface area contributed by atoms with Crippen LogP contribution in [0.15, 0.2) is 57.8 Å². The molecule has 1 saturated heterocycles. The van der Waals surface area contributed by atoms with E-state index in [-0.39, 0.29) is 5.91 Å². The van der Waals surface area contributed by atoms with E-state index in [1.54, 1.807) is 17.4 Å². The van der Waals surface area contributed by atoms with Gasteiger partial charge in [0.25, 0.3) is 0 Å². The maximum Gasteiger partial charge on any atom is 0.246 e. The lowest BCUT2D eigenvalue weighted by Crippen LogP contribution is -2.39. The lowest BCUT2D eigenvalue weighted by atomic mass is 9.94. The highest BCUT2D eigenvalue weighted by atomic mass is 32.1. The Morgan fingerprint density at radius 3 is 3.00 bits per heavy atom. The molecular formula is C21H21N3O2S. The van der Waals surface area contributed by atoms with E-state index in [2.05, 4.69) is 10.1 Å². The number of hydrogen-bond donors (Lipinski definition) is 0. The van der Waals surface area contributed by atoms with Gasteiger partial charge in [-0.1, -0.05) is 35.5 Å². The minimum absolute atomic E-state index is 0.0630. The first-order chi connectivity index (χ1) is 13.3. The first kappa shape index (κ1) is 17.7. The number of carbonyl (C=O) groups is 1. The van der Waals surface area contributed by atoms with Crippen molar-refractivity contribution in [2.75, 3.05) is 13.1 Å². The van der Waals surface area contributed by atoms with Crippen molar-refractivity contribution >= 4 is 23.3 Å². The van der Waals surface area contributed by atoms with E-state index in [0.29, 0.717) is 24.1 Å². The fraction of sp³-hybridized carbons (Fsp3) is 0.286. The third-order valence-corrected chi connectivity index (χ3v) is 5.44. The molecule has 2 aromatic heterocycles. The molecule has 27 heavy (non-hydrogen) atoms. The average molecular weight is 379 g/mol. The summed E-state index contributed by atoms with van der Waals surface area (Å²) in [4.78, 5) is 18.9. The molecular weight excluding hydrogens is 358 g/mol. The van der Waals surface area contributed by atoms with Crippen molar-refractivity contribution in [3.63, 3.8) is 0 Å². The smallest absolute Gasteiger partial charge is 0.246 e. The fourth-order valence-corrected chi connectivity index (χ4v) is 4.00. The summed E-state index contributed by atoms with van der Waals surface area (Å²) in [6.45, 7) is 1.53. The lowest BCUT2D eigenvalue weighted by Gasteiger charge is -2.31. The van der Waals surface area contributed by atoms with E-state index in [0.717, 1.165) is 37.1 Å². The summed E-state index contributed by atoms with van der Waals surface area (Å²) in [5, 5.41) is 8.08. The van der Waals surface area contributed by atoms with Gasteiger partial charge in [0.15, 0.2) is 0 Å². The predicted molar refractivity (Wildman–Crippen MR) is 106 cm³/mol. The Labute approximate surface area is 162 Å². The van der Waals surface area contributed by atoms with Crippen molar-refractivity contribution in [3.05, 3.63) is 64.7 Å². The number of aromatic nitrogens is 2. The average Bonchev–Trinajstić information content (AvgIpc) is 3.39. The zero-order valence-electron chi connectivity index (χ0n) is 15.0. The highest BCUT2D eigenvalue weighted by Gasteiger charge is 2.24. The minimum atomic E-state index is 0.0630. The molecule has 5 nitrogen and oxygen atoms in total. The molecule has 0 aliphatic carbocycles. The van der Waals surface area contributed by atoms with E-state index in [9.17, 15) is 4.79 Å². The summed E-state index contributed by atoms with van der Waals surface area (Å²) in [6.07, 6.45) is 6.32. The SMILES string of the molecule is O=C(/C=C\c1ccccc1)N1CCC[C@H](Cc2nc(-c3ccsc3)no2)C1. The number of benzene rings is 1. The molecule has 3 heterocycles. The molecule has 138 valence electrons. The molecule has 1 aliphatic heterocycles. The fourth-order valence-electron chi connectivity index (χ4n) is 3.36. The molecule has 1 atom stereocenters. The summed E-state index contributed by atoms with van der Waals surface area (Å²) in [7, 11) is 0. The van der Waals surface area contributed by atoms with Gasteiger partial charge in [-0.05, 0) is 41.8 Å². The largest absolute Gasteiger partial charge is 0.339 e. The molecule has 0 spiro atoms. The lowest BCUT2D eigenvalue weighted by molar-refractivity contribution is -0.127. The van der Waals surface area contributed by atoms with E-state index >= 15 is 0 Å². The van der Waals surface area contributed by atoms with Gasteiger partial charge in [0.2, 0.25) is 17.6 Å². The van der Waals surface area contributed by atoms with Gasteiger partial charge >= 0.3 is 0 Å². The quantitative estimate of drug-likeness (QED) is 0.621. The van der Waals surface area contributed by atoms with Crippen LogP contribution in [0.25, 0.3) is 17.5 Å². The molecule has 4 rings (SSSR count). The summed E-state index contributed by atoms with van der Waals surface area (Å²) in [6, 6.07) is 11.9. The van der Waals surface area contributed by atoms with Gasteiger partial charge in [0, 0.05) is 36.5 Å². The van der Waals surface area contributed by atoms with Gasteiger partial charge in [-0.15, -0.1) is 0 Å².